The second kappa shape index (κ2) is 4.97. The maximum absolute atomic E-state index is 11.0. The van der Waals surface area contributed by atoms with Crippen LogP contribution in [-0.4, -0.2) is 36.2 Å². The Labute approximate surface area is 91.4 Å². The van der Waals surface area contributed by atoms with Crippen molar-refractivity contribution in [2.24, 2.45) is 0 Å². The number of halogens is 3. The van der Waals surface area contributed by atoms with Crippen molar-refractivity contribution in [2.75, 3.05) is 12.8 Å². The van der Waals surface area contributed by atoms with Crippen LogP contribution < -0.4 is 10.3 Å². The van der Waals surface area contributed by atoms with Crippen LogP contribution >= 0.6 is 34.8 Å². The average Bonchev–Trinajstić information content (AvgIpc) is 1.83. The standard InChI is InChI=1S/C4H9Cl3N2O3S/c1-8-9-13(11,12)2-3(10)4(5,6)7/h3,8-10H,2H2,1H3/t3-/m0/s1. The van der Waals surface area contributed by atoms with Gasteiger partial charge in [-0.25, -0.2) is 13.8 Å². The third kappa shape index (κ3) is 5.90. The van der Waals surface area contributed by atoms with Crippen molar-refractivity contribution in [1.29, 1.82) is 0 Å². The maximum Gasteiger partial charge on any atom is 0.226 e. The largest absolute Gasteiger partial charge is 0.388 e. The summed E-state index contributed by atoms with van der Waals surface area (Å²) in [6.45, 7) is 0. The van der Waals surface area contributed by atoms with Crippen LogP contribution in [0.4, 0.5) is 0 Å². The fraction of sp³-hybridized carbons (Fsp3) is 1.00. The zero-order valence-electron chi connectivity index (χ0n) is 6.59. The number of hydrazine groups is 1. The quantitative estimate of drug-likeness (QED) is 0.488. The molecule has 0 aromatic carbocycles. The first kappa shape index (κ1) is 13.7. The molecule has 0 rings (SSSR count). The molecule has 0 heterocycles. The van der Waals surface area contributed by atoms with Crippen molar-refractivity contribution in [2.45, 2.75) is 9.90 Å². The molecule has 0 amide bonds. The molecule has 3 N–H and O–H groups in total. The molecule has 0 radical (unpaired) electrons. The molecule has 5 nitrogen and oxygen atoms in total. The first-order chi connectivity index (χ1) is 5.69. The van der Waals surface area contributed by atoms with Crippen LogP contribution in [0.25, 0.3) is 0 Å². The van der Waals surface area contributed by atoms with Gasteiger partial charge in [0.1, 0.15) is 6.10 Å². The summed E-state index contributed by atoms with van der Waals surface area (Å²) in [5, 5.41) is 9.11. The van der Waals surface area contributed by atoms with Gasteiger partial charge < -0.3 is 5.11 Å². The molecule has 0 aliphatic rings. The average molecular weight is 272 g/mol. The highest BCUT2D eigenvalue weighted by Gasteiger charge is 2.34. The Kier molecular flexibility index (Phi) is 5.24. The van der Waals surface area contributed by atoms with E-state index in [9.17, 15) is 8.42 Å². The molecule has 0 saturated carbocycles. The number of sulfonamides is 1. The Hall–Kier alpha value is 0.700. The summed E-state index contributed by atoms with van der Waals surface area (Å²) < 4.78 is 19.9. The molecule has 0 aliphatic carbocycles. The minimum Gasteiger partial charge on any atom is -0.388 e. The zero-order valence-corrected chi connectivity index (χ0v) is 9.67. The third-order valence-electron chi connectivity index (χ3n) is 1.01. The van der Waals surface area contributed by atoms with E-state index >= 15 is 0 Å². The Balaban J connectivity index is 4.29. The van der Waals surface area contributed by atoms with Gasteiger partial charge in [-0.05, 0) is 7.05 Å². The van der Waals surface area contributed by atoms with Crippen LogP contribution in [0.1, 0.15) is 0 Å². The molecule has 0 aliphatic heterocycles. The first-order valence-electron chi connectivity index (χ1n) is 3.10. The van der Waals surface area contributed by atoms with Gasteiger partial charge in [0.2, 0.25) is 13.8 Å². The molecular formula is C4H9Cl3N2O3S. The first-order valence-corrected chi connectivity index (χ1v) is 5.88. The normalized spacial score (nSPS) is 15.8. The molecule has 1 atom stereocenters. The summed E-state index contributed by atoms with van der Waals surface area (Å²) in [6.07, 6.45) is -1.58. The lowest BCUT2D eigenvalue weighted by Crippen LogP contribution is -2.42. The highest BCUT2D eigenvalue weighted by molar-refractivity contribution is 7.89. The predicted octanol–water partition coefficient (Wildman–Crippen LogP) is -0.229. The van der Waals surface area contributed by atoms with Gasteiger partial charge in [0.05, 0.1) is 5.75 Å². The van der Waals surface area contributed by atoms with Crippen LogP contribution in [0.3, 0.4) is 0 Å². The van der Waals surface area contributed by atoms with Crippen molar-refractivity contribution >= 4 is 44.8 Å². The van der Waals surface area contributed by atoms with E-state index in [1.807, 2.05) is 4.83 Å². The minimum absolute atomic E-state index is 0.690. The summed E-state index contributed by atoms with van der Waals surface area (Å²) in [6, 6.07) is 0. The lowest BCUT2D eigenvalue weighted by Gasteiger charge is -2.18. The van der Waals surface area contributed by atoms with Crippen LogP contribution in [-0.2, 0) is 10.0 Å². The molecule has 80 valence electrons. The van der Waals surface area contributed by atoms with Gasteiger partial charge in [-0.3, -0.25) is 0 Å². The highest BCUT2D eigenvalue weighted by Crippen LogP contribution is 2.30. The lowest BCUT2D eigenvalue weighted by molar-refractivity contribution is 0.201. The van der Waals surface area contributed by atoms with E-state index in [0.717, 1.165) is 0 Å². The number of hydrogen-bond donors (Lipinski definition) is 3. The molecule has 13 heavy (non-hydrogen) atoms. The zero-order chi connectivity index (χ0) is 10.7. The smallest absolute Gasteiger partial charge is 0.226 e. The Morgan fingerprint density at radius 1 is 1.46 bits per heavy atom. The van der Waals surface area contributed by atoms with E-state index in [2.05, 4.69) is 5.43 Å². The van der Waals surface area contributed by atoms with Gasteiger partial charge in [-0.2, -0.15) is 4.83 Å². The van der Waals surface area contributed by atoms with Crippen molar-refractivity contribution in [3.05, 3.63) is 0 Å². The van der Waals surface area contributed by atoms with Crippen LogP contribution in [0, 0.1) is 0 Å². The van der Waals surface area contributed by atoms with Gasteiger partial charge in [0, 0.05) is 0 Å². The molecule has 0 fully saturated rings. The van der Waals surface area contributed by atoms with Crippen LogP contribution in [0.2, 0.25) is 0 Å². The van der Waals surface area contributed by atoms with Crippen molar-refractivity contribution in [3.63, 3.8) is 0 Å². The number of aliphatic hydroxyl groups excluding tert-OH is 1. The number of hydrogen-bond acceptors (Lipinski definition) is 4. The molecule has 9 heteroatoms. The van der Waals surface area contributed by atoms with E-state index < -0.39 is 25.7 Å². The van der Waals surface area contributed by atoms with Crippen molar-refractivity contribution in [3.8, 4) is 0 Å². The maximum atomic E-state index is 11.0. The number of nitrogens with one attached hydrogen (secondary N) is 2. The summed E-state index contributed by atoms with van der Waals surface area (Å²) in [5.74, 6) is -0.690. The monoisotopic (exact) mass is 270 g/mol. The summed E-state index contributed by atoms with van der Waals surface area (Å²) >= 11 is 15.8. The Morgan fingerprint density at radius 3 is 2.23 bits per heavy atom. The second-order valence-electron chi connectivity index (χ2n) is 2.19. The van der Waals surface area contributed by atoms with E-state index in [4.69, 9.17) is 39.9 Å². The number of rotatable bonds is 4. The topological polar surface area (TPSA) is 78.4 Å². The molecule has 0 aromatic rings. The number of aliphatic hydroxyl groups is 1. The predicted molar refractivity (Wildman–Crippen MR) is 52.3 cm³/mol. The molecule has 0 aromatic heterocycles. The van der Waals surface area contributed by atoms with Gasteiger partial charge in [0.15, 0.2) is 0 Å². The molecule has 0 bridgehead atoms. The van der Waals surface area contributed by atoms with E-state index in [0.29, 0.717) is 0 Å². The molecule has 0 unspecified atom stereocenters. The second-order valence-corrected chi connectivity index (χ2v) is 6.33. The van der Waals surface area contributed by atoms with Crippen molar-refractivity contribution in [1.82, 2.24) is 10.3 Å². The SMILES string of the molecule is CNNS(=O)(=O)C[C@H](O)C(Cl)(Cl)Cl. The third-order valence-corrected chi connectivity index (χ3v) is 3.04. The van der Waals surface area contributed by atoms with Crippen molar-refractivity contribution < 1.29 is 13.5 Å². The Bertz CT molecular complexity index is 250. The van der Waals surface area contributed by atoms with E-state index in [1.165, 1.54) is 7.05 Å². The van der Waals surface area contributed by atoms with Gasteiger partial charge in [-0.15, -0.1) is 0 Å². The van der Waals surface area contributed by atoms with Gasteiger partial charge in [0.25, 0.3) is 0 Å². The fourth-order valence-electron chi connectivity index (χ4n) is 0.499. The summed E-state index contributed by atoms with van der Waals surface area (Å²) in [5.41, 5.74) is 2.19. The summed E-state index contributed by atoms with van der Waals surface area (Å²) in [7, 11) is -2.32. The minimum atomic E-state index is -3.68. The summed E-state index contributed by atoms with van der Waals surface area (Å²) in [4.78, 5) is 1.91. The fourth-order valence-corrected chi connectivity index (χ4v) is 2.07. The van der Waals surface area contributed by atoms with Crippen LogP contribution in [0.5, 0.6) is 0 Å². The molecule has 0 spiro atoms. The molecular weight excluding hydrogens is 262 g/mol. The Morgan fingerprint density at radius 2 is 1.92 bits per heavy atom. The van der Waals surface area contributed by atoms with Gasteiger partial charge in [-0.1, -0.05) is 34.8 Å². The van der Waals surface area contributed by atoms with E-state index in [1.54, 1.807) is 0 Å². The van der Waals surface area contributed by atoms with Crippen LogP contribution in [0.15, 0.2) is 0 Å². The molecule has 0 saturated heterocycles. The highest BCUT2D eigenvalue weighted by atomic mass is 35.6. The lowest BCUT2D eigenvalue weighted by atomic mass is 10.5. The van der Waals surface area contributed by atoms with Gasteiger partial charge >= 0.3 is 0 Å². The number of alkyl halides is 3. The van der Waals surface area contributed by atoms with E-state index in [-0.39, 0.29) is 0 Å².